The Morgan fingerprint density at radius 1 is 1.08 bits per heavy atom. The number of carbonyl (C=O) groups is 3. The molecule has 0 spiro atoms. The first kappa shape index (κ1) is 26.7. The highest BCUT2D eigenvalue weighted by molar-refractivity contribution is 7.12. The van der Waals surface area contributed by atoms with Crippen molar-refractivity contribution in [2.75, 3.05) is 20.3 Å². The van der Waals surface area contributed by atoms with Gasteiger partial charge in [-0.3, -0.25) is 9.59 Å². The SMILES string of the molecule is CCOC(=O)C1=C(C)NC2=C(C(=O)C(C(=O)OCC)C(c3cccc(OC)c3)C2)C1c1cc(C)sc1C. The van der Waals surface area contributed by atoms with Crippen LogP contribution in [0.15, 0.2) is 52.9 Å². The molecule has 2 heterocycles. The van der Waals surface area contributed by atoms with Crippen molar-refractivity contribution < 1.29 is 28.6 Å². The van der Waals surface area contributed by atoms with Gasteiger partial charge in [0.05, 0.1) is 25.9 Å². The van der Waals surface area contributed by atoms with Crippen LogP contribution in [0, 0.1) is 19.8 Å². The van der Waals surface area contributed by atoms with Crippen LogP contribution in [0.1, 0.15) is 59.9 Å². The van der Waals surface area contributed by atoms with Crippen LogP contribution >= 0.6 is 11.3 Å². The van der Waals surface area contributed by atoms with Crippen LogP contribution in [0.3, 0.4) is 0 Å². The normalized spacial score (nSPS) is 21.4. The summed E-state index contributed by atoms with van der Waals surface area (Å²) in [7, 11) is 1.58. The molecule has 7 nitrogen and oxygen atoms in total. The zero-order chi connectivity index (χ0) is 26.9. The van der Waals surface area contributed by atoms with Crippen LogP contribution < -0.4 is 10.1 Å². The number of esters is 2. The highest BCUT2D eigenvalue weighted by Crippen LogP contribution is 2.49. The predicted octanol–water partition coefficient (Wildman–Crippen LogP) is 5.09. The molecule has 0 saturated carbocycles. The molecule has 196 valence electrons. The first-order chi connectivity index (χ1) is 17.7. The van der Waals surface area contributed by atoms with Crippen molar-refractivity contribution in [2.24, 2.45) is 5.92 Å². The van der Waals surface area contributed by atoms with Crippen LogP contribution in [-0.2, 0) is 23.9 Å². The molecule has 3 atom stereocenters. The number of methoxy groups -OCH3 is 1. The number of rotatable bonds is 7. The number of dihydropyridines is 1. The Hall–Kier alpha value is -3.39. The summed E-state index contributed by atoms with van der Waals surface area (Å²) in [4.78, 5) is 42.9. The number of benzene rings is 1. The van der Waals surface area contributed by atoms with E-state index >= 15 is 0 Å². The molecular weight excluding hydrogens is 490 g/mol. The summed E-state index contributed by atoms with van der Waals surface area (Å²) >= 11 is 1.61. The van der Waals surface area contributed by atoms with Crippen molar-refractivity contribution in [1.82, 2.24) is 5.32 Å². The lowest BCUT2D eigenvalue weighted by Gasteiger charge is -2.39. The van der Waals surface area contributed by atoms with Gasteiger partial charge in [0.15, 0.2) is 5.78 Å². The maximum atomic E-state index is 14.3. The fourth-order valence-corrected chi connectivity index (χ4v) is 6.41. The quantitative estimate of drug-likeness (QED) is 0.399. The van der Waals surface area contributed by atoms with Gasteiger partial charge in [0.1, 0.15) is 11.7 Å². The van der Waals surface area contributed by atoms with Crippen molar-refractivity contribution in [3.05, 3.63) is 73.8 Å². The second-order valence-corrected chi connectivity index (χ2v) is 10.7. The Kier molecular flexibility index (Phi) is 7.87. The summed E-state index contributed by atoms with van der Waals surface area (Å²) in [6.45, 7) is 9.68. The van der Waals surface area contributed by atoms with E-state index in [1.807, 2.05) is 51.1 Å². The molecule has 0 fully saturated rings. The van der Waals surface area contributed by atoms with Gasteiger partial charge in [-0.2, -0.15) is 0 Å². The maximum absolute atomic E-state index is 14.3. The molecule has 3 unspecified atom stereocenters. The highest BCUT2D eigenvalue weighted by atomic mass is 32.1. The Morgan fingerprint density at radius 3 is 2.43 bits per heavy atom. The van der Waals surface area contributed by atoms with E-state index in [1.54, 1.807) is 32.3 Å². The van der Waals surface area contributed by atoms with Gasteiger partial charge in [-0.05, 0) is 70.4 Å². The number of nitrogens with one attached hydrogen (secondary N) is 1. The third-order valence-electron chi connectivity index (χ3n) is 6.97. The monoisotopic (exact) mass is 523 g/mol. The van der Waals surface area contributed by atoms with Crippen molar-refractivity contribution in [1.29, 1.82) is 0 Å². The summed E-state index contributed by atoms with van der Waals surface area (Å²) in [6, 6.07) is 9.46. The number of Topliss-reactive ketones (excluding diaryl/α,β-unsaturated/α-hetero) is 1. The van der Waals surface area contributed by atoms with Gasteiger partial charge in [-0.15, -0.1) is 11.3 Å². The minimum atomic E-state index is -1.04. The number of ether oxygens (including phenoxy) is 3. The first-order valence-corrected chi connectivity index (χ1v) is 13.3. The molecule has 4 rings (SSSR count). The predicted molar refractivity (Wildman–Crippen MR) is 142 cm³/mol. The highest BCUT2D eigenvalue weighted by Gasteiger charge is 2.49. The summed E-state index contributed by atoms with van der Waals surface area (Å²) in [5, 5.41) is 3.34. The van der Waals surface area contributed by atoms with E-state index in [0.717, 1.165) is 26.6 Å². The fraction of sp³-hybridized carbons (Fsp3) is 0.414. The average Bonchev–Trinajstić information content (AvgIpc) is 3.20. The van der Waals surface area contributed by atoms with Crippen LogP contribution in [0.25, 0.3) is 0 Å². The number of ketones is 1. The Morgan fingerprint density at radius 2 is 1.81 bits per heavy atom. The molecule has 1 aliphatic carbocycles. The number of hydrogen-bond acceptors (Lipinski definition) is 8. The molecule has 0 saturated heterocycles. The molecule has 2 aromatic rings. The smallest absolute Gasteiger partial charge is 0.336 e. The minimum Gasteiger partial charge on any atom is -0.497 e. The van der Waals surface area contributed by atoms with Gasteiger partial charge in [-0.1, -0.05) is 12.1 Å². The van der Waals surface area contributed by atoms with E-state index < -0.39 is 29.7 Å². The van der Waals surface area contributed by atoms with E-state index in [9.17, 15) is 14.4 Å². The topological polar surface area (TPSA) is 90.9 Å². The van der Waals surface area contributed by atoms with E-state index in [2.05, 4.69) is 5.32 Å². The molecule has 0 radical (unpaired) electrons. The lowest BCUT2D eigenvalue weighted by molar-refractivity contribution is -0.152. The van der Waals surface area contributed by atoms with Crippen molar-refractivity contribution in [3.63, 3.8) is 0 Å². The van der Waals surface area contributed by atoms with Crippen LogP contribution in [0.4, 0.5) is 0 Å². The van der Waals surface area contributed by atoms with Crippen LogP contribution in [0.5, 0.6) is 5.75 Å². The van der Waals surface area contributed by atoms with Crippen LogP contribution in [-0.4, -0.2) is 38.0 Å². The first-order valence-electron chi connectivity index (χ1n) is 12.5. The molecule has 2 aliphatic rings. The number of thiophene rings is 1. The van der Waals surface area contributed by atoms with Gasteiger partial charge in [0, 0.05) is 38.6 Å². The average molecular weight is 524 g/mol. The third-order valence-corrected chi connectivity index (χ3v) is 7.95. The Balaban J connectivity index is 1.91. The molecule has 1 aromatic carbocycles. The minimum absolute atomic E-state index is 0.164. The van der Waals surface area contributed by atoms with Crippen molar-refractivity contribution in [3.8, 4) is 5.75 Å². The van der Waals surface area contributed by atoms with Crippen molar-refractivity contribution >= 4 is 29.1 Å². The largest absolute Gasteiger partial charge is 0.497 e. The molecule has 8 heteroatoms. The molecule has 0 amide bonds. The summed E-state index contributed by atoms with van der Waals surface area (Å²) < 4.78 is 16.2. The fourth-order valence-electron chi connectivity index (χ4n) is 5.45. The molecule has 37 heavy (non-hydrogen) atoms. The van der Waals surface area contributed by atoms with Gasteiger partial charge < -0.3 is 19.5 Å². The zero-order valence-corrected chi connectivity index (χ0v) is 22.9. The summed E-state index contributed by atoms with van der Waals surface area (Å²) in [6.07, 6.45) is 0.407. The number of hydrogen-bond donors (Lipinski definition) is 1. The third kappa shape index (κ3) is 4.94. The van der Waals surface area contributed by atoms with Crippen molar-refractivity contribution in [2.45, 2.75) is 52.9 Å². The summed E-state index contributed by atoms with van der Waals surface area (Å²) in [5.74, 6) is -2.84. The lowest BCUT2D eigenvalue weighted by atomic mass is 9.67. The zero-order valence-electron chi connectivity index (χ0n) is 22.1. The number of carbonyl (C=O) groups excluding carboxylic acids is 3. The Labute approximate surface area is 221 Å². The standard InChI is InChI=1S/C29H33NO6S/c1-7-35-28(32)23-16(4)30-22-14-21(18-10-9-11-19(13-18)34-6)25(29(33)36-8-2)27(31)26(22)24(23)20-12-15(3)37-17(20)5/h9-13,21,24-25,30H,7-8,14H2,1-6H3. The lowest BCUT2D eigenvalue weighted by Crippen LogP contribution is -2.43. The molecule has 1 aliphatic heterocycles. The summed E-state index contributed by atoms with van der Waals surface area (Å²) in [5.41, 5.74) is 3.91. The second kappa shape index (κ2) is 10.9. The second-order valence-electron chi connectivity index (χ2n) is 9.26. The van der Waals surface area contributed by atoms with E-state index in [1.165, 1.54) is 0 Å². The molecule has 1 aromatic heterocycles. The van der Waals surface area contributed by atoms with Gasteiger partial charge in [0.2, 0.25) is 0 Å². The number of aryl methyl sites for hydroxylation is 2. The molecule has 1 N–H and O–H groups in total. The van der Waals surface area contributed by atoms with E-state index in [-0.39, 0.29) is 19.0 Å². The van der Waals surface area contributed by atoms with E-state index in [0.29, 0.717) is 29.0 Å². The van der Waals surface area contributed by atoms with Crippen LogP contribution in [0.2, 0.25) is 0 Å². The maximum Gasteiger partial charge on any atom is 0.336 e. The van der Waals surface area contributed by atoms with Gasteiger partial charge in [0.25, 0.3) is 0 Å². The van der Waals surface area contributed by atoms with Gasteiger partial charge >= 0.3 is 11.9 Å². The van der Waals surface area contributed by atoms with E-state index in [4.69, 9.17) is 14.2 Å². The molecule has 0 bridgehead atoms. The Bertz CT molecular complexity index is 1300. The van der Waals surface area contributed by atoms with Gasteiger partial charge in [-0.25, -0.2) is 4.79 Å². The molecular formula is C29H33NO6S. The number of allylic oxidation sites excluding steroid dienone is 3.